The monoisotopic (exact) mass is 494 g/mol. The van der Waals surface area contributed by atoms with Crippen LogP contribution in [0.1, 0.15) is 29.9 Å². The van der Waals surface area contributed by atoms with Gasteiger partial charge in [-0.1, -0.05) is 17.7 Å². The molecule has 10 nitrogen and oxygen atoms in total. The molecule has 12 heteroatoms. The summed E-state index contributed by atoms with van der Waals surface area (Å²) in [7, 11) is 1.41. The third-order valence-corrected chi connectivity index (χ3v) is 5.75. The van der Waals surface area contributed by atoms with Gasteiger partial charge in [0.1, 0.15) is 34.8 Å². The van der Waals surface area contributed by atoms with Gasteiger partial charge in [0.2, 0.25) is 5.95 Å². The summed E-state index contributed by atoms with van der Waals surface area (Å²) in [4.78, 5) is 26.3. The van der Waals surface area contributed by atoms with Crippen molar-refractivity contribution < 1.29 is 9.13 Å². The Hall–Kier alpha value is -4.43. The molecule has 5 N–H and O–H groups in total. The minimum absolute atomic E-state index is 0.0209. The molecule has 0 amide bonds. The van der Waals surface area contributed by atoms with Gasteiger partial charge in [0.05, 0.1) is 34.8 Å². The van der Waals surface area contributed by atoms with Crippen molar-refractivity contribution in [1.82, 2.24) is 19.5 Å². The highest BCUT2D eigenvalue weighted by atomic mass is 35.5. The highest BCUT2D eigenvalue weighted by Crippen LogP contribution is 2.30. The van der Waals surface area contributed by atoms with Gasteiger partial charge in [-0.05, 0) is 32.0 Å². The zero-order valence-electron chi connectivity index (χ0n) is 18.9. The predicted molar refractivity (Wildman–Crippen MR) is 131 cm³/mol. The fourth-order valence-electron chi connectivity index (χ4n) is 3.80. The molecule has 0 saturated heterocycles. The zero-order valence-corrected chi connectivity index (χ0v) is 19.7. The van der Waals surface area contributed by atoms with Gasteiger partial charge < -0.3 is 21.5 Å². The number of fused-ring (bicyclic) bond motifs is 1. The number of nitrogens with two attached hydrogens (primary N) is 2. The Morgan fingerprint density at radius 3 is 2.69 bits per heavy atom. The lowest BCUT2D eigenvalue weighted by Crippen LogP contribution is -2.28. The van der Waals surface area contributed by atoms with E-state index in [0.717, 1.165) is 0 Å². The number of aromatic nitrogens is 4. The first kappa shape index (κ1) is 23.7. The molecule has 178 valence electrons. The smallest absolute Gasteiger partial charge is 0.267 e. The van der Waals surface area contributed by atoms with E-state index in [-0.39, 0.29) is 50.8 Å². The van der Waals surface area contributed by atoms with Gasteiger partial charge in [-0.3, -0.25) is 9.36 Å². The molecule has 1 unspecified atom stereocenters. The van der Waals surface area contributed by atoms with E-state index in [1.165, 1.54) is 23.8 Å². The van der Waals surface area contributed by atoms with Gasteiger partial charge in [0.15, 0.2) is 5.82 Å². The Balaban J connectivity index is 2.02. The molecular weight excluding hydrogens is 475 g/mol. The number of halogens is 2. The molecule has 0 aliphatic carbocycles. The van der Waals surface area contributed by atoms with E-state index >= 15 is 0 Å². The number of nitrogens with zero attached hydrogens (tertiary/aromatic N) is 5. The summed E-state index contributed by atoms with van der Waals surface area (Å²) in [5, 5.41) is 12.9. The minimum Gasteiger partial charge on any atom is -0.496 e. The zero-order chi connectivity index (χ0) is 25.4. The van der Waals surface area contributed by atoms with E-state index in [0.29, 0.717) is 11.1 Å². The number of anilines is 3. The van der Waals surface area contributed by atoms with Crippen LogP contribution in [0.15, 0.2) is 35.1 Å². The maximum atomic E-state index is 14.5. The van der Waals surface area contributed by atoms with E-state index < -0.39 is 17.4 Å². The Kier molecular flexibility index (Phi) is 6.15. The van der Waals surface area contributed by atoms with Crippen molar-refractivity contribution in [3.05, 3.63) is 68.5 Å². The fraction of sp³-hybridized carbons (Fsp3) is 0.174. The number of rotatable bonds is 5. The van der Waals surface area contributed by atoms with Gasteiger partial charge >= 0.3 is 0 Å². The topological polar surface area (TPSA) is 158 Å². The average Bonchev–Trinajstić information content (AvgIpc) is 2.80. The van der Waals surface area contributed by atoms with Crippen molar-refractivity contribution >= 4 is 40.1 Å². The number of nitrogen functional groups attached to an aromatic ring is 2. The first-order chi connectivity index (χ1) is 16.7. The van der Waals surface area contributed by atoms with Crippen LogP contribution in [0.25, 0.3) is 16.6 Å². The van der Waals surface area contributed by atoms with Crippen LogP contribution in [0, 0.1) is 24.1 Å². The van der Waals surface area contributed by atoms with E-state index in [1.807, 2.05) is 6.07 Å². The van der Waals surface area contributed by atoms with Gasteiger partial charge in [-0.2, -0.15) is 15.2 Å². The van der Waals surface area contributed by atoms with Crippen LogP contribution in [0.5, 0.6) is 5.75 Å². The number of nitrogens with one attached hydrogen (secondary N) is 1. The molecule has 2 aromatic carbocycles. The Morgan fingerprint density at radius 2 is 2.00 bits per heavy atom. The summed E-state index contributed by atoms with van der Waals surface area (Å²) in [6.07, 6.45) is 0. The summed E-state index contributed by atoms with van der Waals surface area (Å²) >= 11 is 6.34. The fourth-order valence-corrected chi connectivity index (χ4v) is 4.05. The van der Waals surface area contributed by atoms with Gasteiger partial charge in [0.25, 0.3) is 5.56 Å². The maximum absolute atomic E-state index is 14.5. The van der Waals surface area contributed by atoms with E-state index in [2.05, 4.69) is 20.3 Å². The molecule has 4 rings (SSSR count). The Bertz CT molecular complexity index is 1580. The summed E-state index contributed by atoms with van der Waals surface area (Å²) in [5.74, 6) is -0.344. The van der Waals surface area contributed by atoms with Crippen molar-refractivity contribution in [2.24, 2.45) is 0 Å². The van der Waals surface area contributed by atoms with Crippen molar-refractivity contribution in [2.75, 3.05) is 23.9 Å². The van der Waals surface area contributed by atoms with Crippen molar-refractivity contribution in [3.8, 4) is 17.5 Å². The van der Waals surface area contributed by atoms with Crippen molar-refractivity contribution in [1.29, 1.82) is 5.26 Å². The molecule has 0 aliphatic rings. The van der Waals surface area contributed by atoms with Crippen LogP contribution in [-0.2, 0) is 0 Å². The molecule has 35 heavy (non-hydrogen) atoms. The lowest BCUT2D eigenvalue weighted by Gasteiger charge is -2.22. The van der Waals surface area contributed by atoms with Gasteiger partial charge in [0, 0.05) is 11.6 Å². The Labute approximate surface area is 204 Å². The van der Waals surface area contributed by atoms with Crippen LogP contribution in [0.4, 0.5) is 22.0 Å². The number of hydrogen-bond donors (Lipinski definition) is 3. The number of methoxy groups -OCH3 is 1. The molecule has 2 heterocycles. The van der Waals surface area contributed by atoms with Gasteiger partial charge in [-0.15, -0.1) is 0 Å². The third kappa shape index (κ3) is 4.15. The molecule has 0 bridgehead atoms. The van der Waals surface area contributed by atoms with Crippen LogP contribution < -0.4 is 27.1 Å². The normalized spacial score (nSPS) is 11.8. The van der Waals surface area contributed by atoms with E-state index in [1.54, 1.807) is 32.0 Å². The highest BCUT2D eigenvalue weighted by molar-refractivity contribution is 6.35. The van der Waals surface area contributed by atoms with Gasteiger partial charge in [-0.25, -0.2) is 9.37 Å². The lowest BCUT2D eigenvalue weighted by molar-refractivity contribution is 0.407. The number of hydrogen-bond acceptors (Lipinski definition) is 9. The van der Waals surface area contributed by atoms with Crippen molar-refractivity contribution in [2.45, 2.75) is 19.9 Å². The molecule has 0 aliphatic heterocycles. The predicted octanol–water partition coefficient (Wildman–Crippen LogP) is 3.49. The molecule has 0 radical (unpaired) electrons. The highest BCUT2D eigenvalue weighted by Gasteiger charge is 2.23. The second kappa shape index (κ2) is 9.08. The number of nitriles is 1. The summed E-state index contributed by atoms with van der Waals surface area (Å²) < 4.78 is 21.1. The van der Waals surface area contributed by atoms with Crippen LogP contribution in [0.2, 0.25) is 5.02 Å². The summed E-state index contributed by atoms with van der Waals surface area (Å²) in [5.41, 5.74) is 12.1. The summed E-state index contributed by atoms with van der Waals surface area (Å²) in [6.45, 7) is 3.38. The average molecular weight is 495 g/mol. The largest absolute Gasteiger partial charge is 0.496 e. The number of ether oxygens (including phenoxy) is 1. The SMILES string of the molecule is COc1cc(F)cc(-n2c(C(C)Nc3nc(N)nc(N)c3C#N)nc3cccc(Cl)c3c2=O)c1C. The molecule has 0 spiro atoms. The second-order valence-electron chi connectivity index (χ2n) is 7.67. The second-order valence-corrected chi connectivity index (χ2v) is 8.07. The number of benzene rings is 2. The standard InChI is InChI=1S/C23H20ClFN8O2/c1-10-16(7-12(25)8-17(10)35-3)33-21(30-15-6-4-5-14(24)18(15)22(33)34)11(2)29-20-13(9-26)19(27)31-23(28)32-20/h4-8,11H,1-3H3,(H5,27,28,29,31,32). The molecule has 4 aromatic rings. The quantitative estimate of drug-likeness (QED) is 0.377. The first-order valence-corrected chi connectivity index (χ1v) is 10.7. The van der Waals surface area contributed by atoms with Crippen LogP contribution >= 0.6 is 11.6 Å². The molecule has 1 atom stereocenters. The molecule has 0 saturated carbocycles. The first-order valence-electron chi connectivity index (χ1n) is 10.3. The third-order valence-electron chi connectivity index (χ3n) is 5.44. The van der Waals surface area contributed by atoms with Crippen LogP contribution in [-0.4, -0.2) is 26.6 Å². The Morgan fingerprint density at radius 1 is 1.26 bits per heavy atom. The molecule has 0 fully saturated rings. The maximum Gasteiger partial charge on any atom is 0.267 e. The van der Waals surface area contributed by atoms with Crippen molar-refractivity contribution in [3.63, 3.8) is 0 Å². The van der Waals surface area contributed by atoms with E-state index in [9.17, 15) is 14.4 Å². The van der Waals surface area contributed by atoms with Crippen LogP contribution in [0.3, 0.4) is 0 Å². The lowest BCUT2D eigenvalue weighted by atomic mass is 10.1. The summed E-state index contributed by atoms with van der Waals surface area (Å²) in [6, 6.07) is 8.51. The molecular formula is C23H20ClFN8O2. The molecule has 2 aromatic heterocycles. The minimum atomic E-state index is -0.736. The van der Waals surface area contributed by atoms with E-state index in [4.69, 9.17) is 27.8 Å².